The van der Waals surface area contributed by atoms with Gasteiger partial charge in [0.25, 0.3) is 0 Å². The van der Waals surface area contributed by atoms with Gasteiger partial charge < -0.3 is 13.1 Å². The third-order valence-electron chi connectivity index (χ3n) is 6.82. The van der Waals surface area contributed by atoms with Crippen LogP contribution in [0.15, 0.2) is 60.7 Å². The molecular weight excluding hydrogens is 599 g/mol. The number of carbonyl (C=O) groups is 1. The molecule has 0 aliphatic carbocycles. The summed E-state index contributed by atoms with van der Waals surface area (Å²) in [6.45, 7) is 3.48. The summed E-state index contributed by atoms with van der Waals surface area (Å²) in [6.07, 6.45) is 6.42. The van der Waals surface area contributed by atoms with Crippen LogP contribution in [0.1, 0.15) is 29.6 Å². The number of thiophene rings is 1. The second kappa shape index (κ2) is 12.4. The van der Waals surface area contributed by atoms with E-state index in [9.17, 15) is 21.6 Å². The molecule has 2 heterocycles. The minimum atomic E-state index is -3.73. The van der Waals surface area contributed by atoms with Gasteiger partial charge in [-0.05, 0) is 97.7 Å². The number of benzene rings is 3. The van der Waals surface area contributed by atoms with Gasteiger partial charge in [0.1, 0.15) is 23.9 Å². The number of piperidine rings is 1. The highest BCUT2D eigenvalue weighted by Crippen LogP contribution is 2.47. The lowest BCUT2D eigenvalue weighted by Crippen LogP contribution is -2.33. The van der Waals surface area contributed by atoms with Crippen LogP contribution < -0.4 is 13.1 Å². The van der Waals surface area contributed by atoms with Crippen LogP contribution >= 0.6 is 11.3 Å². The largest absolute Gasteiger partial charge is 0.492 e. The Morgan fingerprint density at radius 2 is 1.45 bits per heavy atom. The minimum Gasteiger partial charge on any atom is -0.492 e. The molecule has 9 nitrogen and oxygen atoms in total. The molecule has 0 spiro atoms. The molecule has 5 rings (SSSR count). The van der Waals surface area contributed by atoms with Crippen molar-refractivity contribution in [2.24, 2.45) is 0 Å². The molecule has 1 fully saturated rings. The van der Waals surface area contributed by atoms with Crippen molar-refractivity contribution in [1.82, 2.24) is 4.90 Å². The number of aldehydes is 1. The third kappa shape index (κ3) is 7.49. The van der Waals surface area contributed by atoms with E-state index in [0.29, 0.717) is 23.5 Å². The molecule has 0 saturated carbocycles. The summed E-state index contributed by atoms with van der Waals surface area (Å²) >= 11 is 1.40. The number of ether oxygens (including phenoxy) is 1. The fourth-order valence-corrected chi connectivity index (χ4v) is 7.20. The molecule has 0 radical (unpaired) electrons. The van der Waals surface area contributed by atoms with Crippen LogP contribution in [0.2, 0.25) is 0 Å². The SMILES string of the molecule is CS(=O)(=O)Oc1ccc(-c2sc3cc(OS(C)(=O)=O)ccc3c2-c2cc(OCCN3CCCCC3)ccc2C=O)cc1. The smallest absolute Gasteiger partial charge is 0.306 e. The molecule has 0 amide bonds. The summed E-state index contributed by atoms with van der Waals surface area (Å²) in [5.41, 5.74) is 2.65. The second-order valence-electron chi connectivity index (χ2n) is 10.2. The van der Waals surface area contributed by atoms with Crippen molar-refractivity contribution >= 4 is 47.9 Å². The second-order valence-corrected chi connectivity index (χ2v) is 14.4. The van der Waals surface area contributed by atoms with Gasteiger partial charge in [0, 0.05) is 32.6 Å². The van der Waals surface area contributed by atoms with Crippen LogP contribution in [0.3, 0.4) is 0 Å². The van der Waals surface area contributed by atoms with Gasteiger partial charge >= 0.3 is 20.2 Å². The lowest BCUT2D eigenvalue weighted by Gasteiger charge is -2.26. The Bertz CT molecular complexity index is 1810. The number of carbonyl (C=O) groups excluding carboxylic acids is 1. The molecular formula is C30H31NO8S3. The Labute approximate surface area is 249 Å². The van der Waals surface area contributed by atoms with Gasteiger partial charge in [0.15, 0.2) is 6.29 Å². The van der Waals surface area contributed by atoms with Crippen molar-refractivity contribution < 1.29 is 34.7 Å². The molecule has 1 aromatic heterocycles. The number of likely N-dealkylation sites (tertiary alicyclic amines) is 1. The fourth-order valence-electron chi connectivity index (χ4n) is 5.03. The Balaban J connectivity index is 1.57. The number of hydrogen-bond donors (Lipinski definition) is 0. The Morgan fingerprint density at radius 1 is 0.810 bits per heavy atom. The summed E-state index contributed by atoms with van der Waals surface area (Å²) in [7, 11) is -7.42. The van der Waals surface area contributed by atoms with E-state index in [0.717, 1.165) is 64.5 Å². The highest BCUT2D eigenvalue weighted by atomic mass is 32.2. The first-order valence-electron chi connectivity index (χ1n) is 13.4. The van der Waals surface area contributed by atoms with Crippen LogP contribution in [-0.4, -0.2) is 66.8 Å². The summed E-state index contributed by atoms with van der Waals surface area (Å²) in [5.74, 6) is 0.976. The first-order chi connectivity index (χ1) is 20.0. The molecule has 12 heteroatoms. The van der Waals surface area contributed by atoms with Gasteiger partial charge in [0.05, 0.1) is 12.5 Å². The van der Waals surface area contributed by atoms with Crippen molar-refractivity contribution in [2.45, 2.75) is 19.3 Å². The lowest BCUT2D eigenvalue weighted by molar-refractivity contribution is 0.112. The van der Waals surface area contributed by atoms with Crippen molar-refractivity contribution in [3.8, 4) is 38.8 Å². The molecule has 1 aliphatic heterocycles. The van der Waals surface area contributed by atoms with Crippen LogP contribution in [0.4, 0.5) is 0 Å². The fraction of sp³-hybridized carbons (Fsp3) is 0.300. The van der Waals surface area contributed by atoms with E-state index in [1.54, 1.807) is 54.6 Å². The maximum absolute atomic E-state index is 12.2. The van der Waals surface area contributed by atoms with Crippen molar-refractivity contribution in [1.29, 1.82) is 0 Å². The van der Waals surface area contributed by atoms with Crippen LogP contribution in [-0.2, 0) is 20.2 Å². The van der Waals surface area contributed by atoms with E-state index >= 15 is 0 Å². The van der Waals surface area contributed by atoms with Crippen molar-refractivity contribution in [3.63, 3.8) is 0 Å². The van der Waals surface area contributed by atoms with Crippen LogP contribution in [0.25, 0.3) is 31.7 Å². The summed E-state index contributed by atoms with van der Waals surface area (Å²) in [4.78, 5) is 15.4. The van der Waals surface area contributed by atoms with Crippen molar-refractivity contribution in [3.05, 3.63) is 66.2 Å². The number of hydrogen-bond acceptors (Lipinski definition) is 10. The quantitative estimate of drug-likeness (QED) is 0.155. The molecule has 42 heavy (non-hydrogen) atoms. The summed E-state index contributed by atoms with van der Waals surface area (Å²) in [5, 5.41) is 0.792. The maximum atomic E-state index is 12.2. The van der Waals surface area contributed by atoms with Gasteiger partial charge in [-0.25, -0.2) is 0 Å². The third-order valence-corrected chi connectivity index (χ3v) is 9.01. The van der Waals surface area contributed by atoms with Gasteiger partial charge in [-0.3, -0.25) is 9.69 Å². The molecule has 0 bridgehead atoms. The Hall–Kier alpha value is -3.45. The first kappa shape index (κ1) is 30.0. The standard InChI is InChI=1S/C30H31NO8S3/c1-41(33,34)38-23-9-6-21(7-10-23)30-29(26-13-12-25(19-28(26)40-30)39-42(2,35)36)27-18-24(11-8-22(27)20-32)37-17-16-31-14-4-3-5-15-31/h6-13,18-20H,3-5,14-17H2,1-2H3. The molecule has 0 unspecified atom stereocenters. The molecule has 4 aromatic rings. The average Bonchev–Trinajstić information content (AvgIpc) is 3.31. The van der Waals surface area contributed by atoms with E-state index in [1.165, 1.54) is 30.6 Å². The van der Waals surface area contributed by atoms with Crippen LogP contribution in [0.5, 0.6) is 17.2 Å². The zero-order valence-electron chi connectivity index (χ0n) is 23.2. The van der Waals surface area contributed by atoms with E-state index in [1.807, 2.05) is 6.07 Å². The molecule has 1 saturated heterocycles. The molecule has 222 valence electrons. The van der Waals surface area contributed by atoms with Gasteiger partial charge in [-0.2, -0.15) is 16.8 Å². The molecule has 0 N–H and O–H groups in total. The van der Waals surface area contributed by atoms with E-state index in [-0.39, 0.29) is 11.5 Å². The van der Waals surface area contributed by atoms with E-state index in [4.69, 9.17) is 13.1 Å². The average molecular weight is 630 g/mol. The zero-order valence-corrected chi connectivity index (χ0v) is 25.7. The number of fused-ring (bicyclic) bond motifs is 1. The Kier molecular flexibility index (Phi) is 8.88. The first-order valence-corrected chi connectivity index (χ1v) is 17.8. The van der Waals surface area contributed by atoms with Crippen LogP contribution in [0, 0.1) is 0 Å². The predicted molar refractivity (Wildman–Crippen MR) is 165 cm³/mol. The topological polar surface area (TPSA) is 116 Å². The molecule has 1 aliphatic rings. The van der Waals surface area contributed by atoms with E-state index < -0.39 is 20.2 Å². The normalized spacial score (nSPS) is 14.5. The van der Waals surface area contributed by atoms with E-state index in [2.05, 4.69) is 4.90 Å². The zero-order chi connectivity index (χ0) is 29.9. The summed E-state index contributed by atoms with van der Waals surface area (Å²) in [6, 6.07) is 17.0. The monoisotopic (exact) mass is 629 g/mol. The highest BCUT2D eigenvalue weighted by Gasteiger charge is 2.21. The van der Waals surface area contributed by atoms with Gasteiger partial charge in [-0.1, -0.05) is 6.42 Å². The Morgan fingerprint density at radius 3 is 2.12 bits per heavy atom. The molecule has 3 aromatic carbocycles. The van der Waals surface area contributed by atoms with Gasteiger partial charge in [-0.15, -0.1) is 11.3 Å². The molecule has 0 atom stereocenters. The number of nitrogens with zero attached hydrogens (tertiary/aromatic N) is 1. The lowest BCUT2D eigenvalue weighted by atomic mass is 9.95. The summed E-state index contributed by atoms with van der Waals surface area (Å²) < 4.78 is 63.7. The minimum absolute atomic E-state index is 0.172. The number of rotatable bonds is 11. The predicted octanol–water partition coefficient (Wildman–Crippen LogP) is 5.59. The maximum Gasteiger partial charge on any atom is 0.306 e. The van der Waals surface area contributed by atoms with Crippen molar-refractivity contribution in [2.75, 3.05) is 38.8 Å². The van der Waals surface area contributed by atoms with Gasteiger partial charge in [0.2, 0.25) is 0 Å². The highest BCUT2D eigenvalue weighted by molar-refractivity contribution is 7.86.